The van der Waals surface area contributed by atoms with Crippen molar-refractivity contribution in [2.24, 2.45) is 17.6 Å². The van der Waals surface area contributed by atoms with Crippen LogP contribution in [0.1, 0.15) is 45.5 Å². The molecule has 1 aliphatic rings. The van der Waals surface area contributed by atoms with E-state index in [2.05, 4.69) is 35.6 Å². The molecular formula is C14H24N4O. The highest BCUT2D eigenvalue weighted by molar-refractivity contribution is 5.78. The number of hydrogen-bond donors (Lipinski definition) is 2. The van der Waals surface area contributed by atoms with E-state index in [1.165, 1.54) is 0 Å². The van der Waals surface area contributed by atoms with Gasteiger partial charge in [0, 0.05) is 25.0 Å². The lowest BCUT2D eigenvalue weighted by Gasteiger charge is -2.38. The first-order valence-corrected chi connectivity index (χ1v) is 7.11. The zero-order valence-corrected chi connectivity index (χ0v) is 12.0. The van der Waals surface area contributed by atoms with Crippen LogP contribution < -0.4 is 11.1 Å². The van der Waals surface area contributed by atoms with E-state index in [-0.39, 0.29) is 23.8 Å². The molecule has 1 saturated heterocycles. The number of primary amides is 1. The van der Waals surface area contributed by atoms with Crippen molar-refractivity contribution in [3.63, 3.8) is 0 Å². The van der Waals surface area contributed by atoms with E-state index in [1.807, 2.05) is 6.20 Å². The van der Waals surface area contributed by atoms with Crippen LogP contribution in [0.5, 0.6) is 0 Å². The number of piperidine rings is 1. The Morgan fingerprint density at radius 1 is 1.58 bits per heavy atom. The minimum absolute atomic E-state index is 0.0715. The zero-order valence-electron chi connectivity index (χ0n) is 12.0. The number of rotatable bonds is 4. The first-order valence-electron chi connectivity index (χ1n) is 7.11. The Labute approximate surface area is 114 Å². The maximum atomic E-state index is 11.8. The average molecular weight is 264 g/mol. The van der Waals surface area contributed by atoms with Crippen molar-refractivity contribution in [2.45, 2.75) is 52.2 Å². The molecule has 5 nitrogen and oxygen atoms in total. The molecule has 5 heteroatoms. The van der Waals surface area contributed by atoms with Crippen LogP contribution in [0.25, 0.3) is 0 Å². The molecule has 4 atom stereocenters. The number of carbonyl (C=O) groups is 1. The van der Waals surface area contributed by atoms with Crippen molar-refractivity contribution in [3.05, 3.63) is 18.2 Å². The van der Waals surface area contributed by atoms with E-state index >= 15 is 0 Å². The molecule has 2 rings (SSSR count). The van der Waals surface area contributed by atoms with Gasteiger partial charge in [0.25, 0.3) is 0 Å². The fourth-order valence-corrected chi connectivity index (χ4v) is 3.22. The predicted molar refractivity (Wildman–Crippen MR) is 74.3 cm³/mol. The molecular weight excluding hydrogens is 240 g/mol. The SMILES string of the molecule is CCCn1ccnc1C1NC(C)CC(C)C1C(N)=O. The van der Waals surface area contributed by atoms with E-state index in [0.29, 0.717) is 6.04 Å². The molecule has 1 aliphatic heterocycles. The van der Waals surface area contributed by atoms with Gasteiger partial charge in [-0.05, 0) is 25.7 Å². The number of hydrogen-bond acceptors (Lipinski definition) is 3. The Kier molecular flexibility index (Phi) is 4.24. The van der Waals surface area contributed by atoms with Crippen molar-refractivity contribution < 1.29 is 4.79 Å². The van der Waals surface area contributed by atoms with Crippen LogP contribution in [0.4, 0.5) is 0 Å². The van der Waals surface area contributed by atoms with Crippen LogP contribution in [-0.4, -0.2) is 21.5 Å². The van der Waals surface area contributed by atoms with Gasteiger partial charge in [0.15, 0.2) is 0 Å². The summed E-state index contributed by atoms with van der Waals surface area (Å²) in [6.45, 7) is 7.30. The summed E-state index contributed by atoms with van der Waals surface area (Å²) in [5, 5.41) is 3.50. The van der Waals surface area contributed by atoms with E-state index in [4.69, 9.17) is 5.73 Å². The summed E-state index contributed by atoms with van der Waals surface area (Å²) in [5.41, 5.74) is 5.61. The van der Waals surface area contributed by atoms with Crippen molar-refractivity contribution >= 4 is 5.91 Å². The van der Waals surface area contributed by atoms with Crippen molar-refractivity contribution in [3.8, 4) is 0 Å². The minimum Gasteiger partial charge on any atom is -0.369 e. The van der Waals surface area contributed by atoms with Gasteiger partial charge in [-0.25, -0.2) is 4.98 Å². The molecule has 1 aromatic rings. The quantitative estimate of drug-likeness (QED) is 0.864. The van der Waals surface area contributed by atoms with Crippen LogP contribution in [0.15, 0.2) is 12.4 Å². The maximum Gasteiger partial charge on any atom is 0.222 e. The summed E-state index contributed by atoms with van der Waals surface area (Å²) >= 11 is 0. The molecule has 0 aromatic carbocycles. The molecule has 0 bridgehead atoms. The number of nitrogens with one attached hydrogen (secondary N) is 1. The molecule has 0 spiro atoms. The molecule has 4 unspecified atom stereocenters. The summed E-state index contributed by atoms with van der Waals surface area (Å²) in [7, 11) is 0. The van der Waals surface area contributed by atoms with Gasteiger partial charge in [-0.2, -0.15) is 0 Å². The van der Waals surface area contributed by atoms with Crippen molar-refractivity contribution in [2.75, 3.05) is 0 Å². The third kappa shape index (κ3) is 2.81. The van der Waals surface area contributed by atoms with E-state index in [0.717, 1.165) is 25.2 Å². The van der Waals surface area contributed by atoms with Crippen LogP contribution >= 0.6 is 0 Å². The van der Waals surface area contributed by atoms with E-state index < -0.39 is 0 Å². The first kappa shape index (κ1) is 14.1. The van der Waals surface area contributed by atoms with Gasteiger partial charge < -0.3 is 15.6 Å². The molecule has 0 radical (unpaired) electrons. The lowest BCUT2D eigenvalue weighted by Crippen LogP contribution is -2.49. The number of aromatic nitrogens is 2. The Balaban J connectivity index is 2.32. The fraction of sp³-hybridized carbons (Fsp3) is 0.714. The second kappa shape index (κ2) is 5.74. The van der Waals surface area contributed by atoms with Gasteiger partial charge in [-0.1, -0.05) is 13.8 Å². The lowest BCUT2D eigenvalue weighted by molar-refractivity contribution is -0.125. The number of amides is 1. The van der Waals surface area contributed by atoms with Crippen LogP contribution in [0, 0.1) is 11.8 Å². The average Bonchev–Trinajstić information content (AvgIpc) is 2.75. The summed E-state index contributed by atoms with van der Waals surface area (Å²) in [6.07, 6.45) is 5.79. The highest BCUT2D eigenvalue weighted by Crippen LogP contribution is 2.34. The highest BCUT2D eigenvalue weighted by Gasteiger charge is 2.39. The third-order valence-electron chi connectivity index (χ3n) is 3.98. The molecule has 0 aliphatic carbocycles. The van der Waals surface area contributed by atoms with Crippen LogP contribution in [0.3, 0.4) is 0 Å². The van der Waals surface area contributed by atoms with Gasteiger partial charge in [0.2, 0.25) is 5.91 Å². The van der Waals surface area contributed by atoms with Gasteiger partial charge >= 0.3 is 0 Å². The van der Waals surface area contributed by atoms with Gasteiger partial charge in [0.1, 0.15) is 5.82 Å². The molecule has 2 heterocycles. The summed E-state index contributed by atoms with van der Waals surface area (Å²) in [6, 6.07) is 0.306. The Hall–Kier alpha value is -1.36. The van der Waals surface area contributed by atoms with Gasteiger partial charge in [0.05, 0.1) is 12.0 Å². The topological polar surface area (TPSA) is 72.9 Å². The van der Waals surface area contributed by atoms with Crippen LogP contribution in [-0.2, 0) is 11.3 Å². The minimum atomic E-state index is -0.233. The monoisotopic (exact) mass is 264 g/mol. The molecule has 1 aromatic heterocycles. The van der Waals surface area contributed by atoms with Crippen molar-refractivity contribution in [1.29, 1.82) is 0 Å². The molecule has 0 saturated carbocycles. The lowest BCUT2D eigenvalue weighted by atomic mass is 9.78. The smallest absolute Gasteiger partial charge is 0.222 e. The maximum absolute atomic E-state index is 11.8. The summed E-state index contributed by atoms with van der Waals surface area (Å²) in [5.74, 6) is 0.798. The largest absolute Gasteiger partial charge is 0.369 e. The van der Waals surface area contributed by atoms with E-state index in [9.17, 15) is 4.79 Å². The van der Waals surface area contributed by atoms with Gasteiger partial charge in [-0.3, -0.25) is 4.79 Å². The Morgan fingerprint density at radius 2 is 2.32 bits per heavy atom. The number of carbonyl (C=O) groups excluding carboxylic acids is 1. The fourth-order valence-electron chi connectivity index (χ4n) is 3.22. The molecule has 19 heavy (non-hydrogen) atoms. The molecule has 1 fully saturated rings. The Morgan fingerprint density at radius 3 is 2.95 bits per heavy atom. The van der Waals surface area contributed by atoms with Crippen LogP contribution in [0.2, 0.25) is 0 Å². The second-order valence-electron chi connectivity index (χ2n) is 5.67. The number of nitrogens with two attached hydrogens (primary N) is 1. The second-order valence-corrected chi connectivity index (χ2v) is 5.67. The van der Waals surface area contributed by atoms with E-state index in [1.54, 1.807) is 6.20 Å². The zero-order chi connectivity index (χ0) is 14.0. The number of imidazole rings is 1. The van der Waals surface area contributed by atoms with Gasteiger partial charge in [-0.15, -0.1) is 0 Å². The number of nitrogens with zero attached hydrogens (tertiary/aromatic N) is 2. The molecule has 3 N–H and O–H groups in total. The predicted octanol–water partition coefficient (Wildman–Crippen LogP) is 1.45. The molecule has 106 valence electrons. The van der Waals surface area contributed by atoms with Crippen molar-refractivity contribution in [1.82, 2.24) is 14.9 Å². The molecule has 1 amide bonds. The Bertz CT molecular complexity index is 442. The normalized spacial score (nSPS) is 31.3. The summed E-state index contributed by atoms with van der Waals surface area (Å²) < 4.78 is 2.12. The highest BCUT2D eigenvalue weighted by atomic mass is 16.1. The first-order chi connectivity index (χ1) is 9.04. The third-order valence-corrected chi connectivity index (χ3v) is 3.98. The standard InChI is InChI=1S/C14H24N4O/c1-4-6-18-7-5-16-14(18)12-11(13(15)19)9(2)8-10(3)17-12/h5,7,9-12,17H,4,6,8H2,1-3H3,(H2,15,19). The number of aryl methyl sites for hydroxylation is 1. The summed E-state index contributed by atoms with van der Waals surface area (Å²) in [4.78, 5) is 16.2.